The van der Waals surface area contributed by atoms with E-state index >= 15 is 0 Å². The van der Waals surface area contributed by atoms with Crippen LogP contribution in [0, 0.1) is 0 Å². The van der Waals surface area contributed by atoms with E-state index in [2.05, 4.69) is 15.0 Å². The Kier molecular flexibility index (Phi) is 1.95. The third-order valence-electron chi connectivity index (χ3n) is 3.24. The first-order chi connectivity index (χ1) is 9.63. The van der Waals surface area contributed by atoms with Gasteiger partial charge in [0.25, 0.3) is 5.56 Å². The van der Waals surface area contributed by atoms with Crippen molar-refractivity contribution in [1.29, 1.82) is 0 Å². The molecule has 0 radical (unpaired) electrons. The lowest BCUT2D eigenvalue weighted by atomic mass is 10.2. The number of benzene rings is 1. The van der Waals surface area contributed by atoms with E-state index in [-0.39, 0.29) is 18.3 Å². The number of H-pyrrole nitrogens is 1. The minimum atomic E-state index is -0.694. The largest absolute Gasteiger partial charge is 0.454 e. The molecule has 1 N–H and O–H groups in total. The minimum Gasteiger partial charge on any atom is -0.454 e. The average Bonchev–Trinajstić information content (AvgIpc) is 2.86. The fourth-order valence-electron chi connectivity index (χ4n) is 2.28. The summed E-state index contributed by atoms with van der Waals surface area (Å²) in [5, 5.41) is 0. The van der Waals surface area contributed by atoms with Gasteiger partial charge in [-0.25, -0.2) is 9.78 Å². The minimum absolute atomic E-state index is 0.110. The molecule has 0 saturated carbocycles. The highest BCUT2D eigenvalue weighted by atomic mass is 16.7. The van der Waals surface area contributed by atoms with Crippen molar-refractivity contribution in [1.82, 2.24) is 19.5 Å². The summed E-state index contributed by atoms with van der Waals surface area (Å²) in [4.78, 5) is 33.3. The molecule has 20 heavy (non-hydrogen) atoms. The van der Waals surface area contributed by atoms with Crippen molar-refractivity contribution in [2.24, 2.45) is 7.05 Å². The Balaban J connectivity index is 2.22. The van der Waals surface area contributed by atoms with Crippen LogP contribution in [-0.2, 0) is 7.05 Å². The molecule has 3 aliphatic rings. The summed E-state index contributed by atoms with van der Waals surface area (Å²) in [5.41, 5.74) is 0.114. The first-order valence-electron chi connectivity index (χ1n) is 5.84. The second kappa shape index (κ2) is 3.56. The second-order valence-corrected chi connectivity index (χ2v) is 4.41. The van der Waals surface area contributed by atoms with E-state index in [4.69, 9.17) is 9.47 Å². The number of rotatable bonds is 0. The van der Waals surface area contributed by atoms with Crippen LogP contribution >= 0.6 is 0 Å². The van der Waals surface area contributed by atoms with Gasteiger partial charge in [-0.3, -0.25) is 9.78 Å². The van der Waals surface area contributed by atoms with Gasteiger partial charge in [0.05, 0.1) is 11.0 Å². The van der Waals surface area contributed by atoms with E-state index in [1.54, 1.807) is 23.7 Å². The fraction of sp³-hybridized carbons (Fsp3) is 0.167. The molecule has 1 aromatic carbocycles. The van der Waals surface area contributed by atoms with Crippen LogP contribution in [0.2, 0.25) is 0 Å². The molecule has 0 saturated heterocycles. The zero-order chi connectivity index (χ0) is 13.9. The van der Waals surface area contributed by atoms with Gasteiger partial charge >= 0.3 is 5.69 Å². The lowest BCUT2D eigenvalue weighted by Crippen LogP contribution is -2.28. The van der Waals surface area contributed by atoms with Crippen molar-refractivity contribution in [3.8, 4) is 23.0 Å². The van der Waals surface area contributed by atoms with E-state index < -0.39 is 11.2 Å². The molecule has 100 valence electrons. The molecule has 3 aliphatic heterocycles. The van der Waals surface area contributed by atoms with Gasteiger partial charge in [-0.1, -0.05) is 0 Å². The molecule has 0 aliphatic carbocycles. The van der Waals surface area contributed by atoms with E-state index in [1.165, 1.54) is 0 Å². The maximum atomic E-state index is 11.8. The number of nitrogens with zero attached hydrogens (tertiary/aromatic N) is 3. The van der Waals surface area contributed by atoms with E-state index in [0.29, 0.717) is 22.5 Å². The number of aryl methyl sites for hydroxylation is 1. The van der Waals surface area contributed by atoms with Gasteiger partial charge in [-0.2, -0.15) is 4.98 Å². The SMILES string of the molecule is Cn1c2nc(=O)[nH]c(=O)c-2nc2cc3c(cc21)OCO3. The number of nitrogens with one attached hydrogen (secondary N) is 1. The van der Waals surface area contributed by atoms with E-state index in [9.17, 15) is 9.59 Å². The van der Waals surface area contributed by atoms with Crippen molar-refractivity contribution in [2.75, 3.05) is 6.79 Å². The standard InChI is InChI=1S/C12H8N4O4/c1-16-6-3-8-7(19-4-20-8)2-5(6)13-9-10(16)14-12(18)15-11(9)17/h2-3H,4H2,1H3,(H,15,17,18). The Bertz CT molecular complexity index is 943. The maximum Gasteiger partial charge on any atom is 0.349 e. The molecule has 1 aromatic rings. The maximum absolute atomic E-state index is 11.8. The molecule has 0 spiro atoms. The monoisotopic (exact) mass is 272 g/mol. The topological polar surface area (TPSA) is 99.1 Å². The Hall–Kier alpha value is -2.90. The number of ether oxygens (including phenoxy) is 2. The number of aromatic nitrogens is 4. The van der Waals surface area contributed by atoms with Crippen LogP contribution in [0.15, 0.2) is 21.7 Å². The number of hydrogen-bond acceptors (Lipinski definition) is 6. The smallest absolute Gasteiger partial charge is 0.349 e. The van der Waals surface area contributed by atoms with Crippen molar-refractivity contribution in [3.05, 3.63) is 33.0 Å². The Morgan fingerprint density at radius 2 is 1.95 bits per heavy atom. The third kappa shape index (κ3) is 1.35. The number of hydrogen-bond donors (Lipinski definition) is 1. The zero-order valence-corrected chi connectivity index (χ0v) is 10.3. The normalized spacial score (nSPS) is 13.2. The summed E-state index contributed by atoms with van der Waals surface area (Å²) in [6, 6.07) is 3.44. The van der Waals surface area contributed by atoms with Crippen LogP contribution in [0.5, 0.6) is 11.5 Å². The zero-order valence-electron chi connectivity index (χ0n) is 10.3. The summed E-state index contributed by atoms with van der Waals surface area (Å²) < 4.78 is 12.2. The van der Waals surface area contributed by atoms with Gasteiger partial charge in [-0.15, -0.1) is 0 Å². The number of aromatic amines is 1. The molecule has 3 heterocycles. The molecule has 8 nitrogen and oxygen atoms in total. The van der Waals surface area contributed by atoms with Gasteiger partial charge in [0.1, 0.15) is 0 Å². The van der Waals surface area contributed by atoms with Crippen molar-refractivity contribution in [3.63, 3.8) is 0 Å². The van der Waals surface area contributed by atoms with Gasteiger partial charge in [-0.05, 0) is 0 Å². The highest BCUT2D eigenvalue weighted by Crippen LogP contribution is 2.36. The van der Waals surface area contributed by atoms with Gasteiger partial charge < -0.3 is 14.0 Å². The van der Waals surface area contributed by atoms with Gasteiger partial charge in [0.2, 0.25) is 6.79 Å². The summed E-state index contributed by atoms with van der Waals surface area (Å²) in [7, 11) is 1.71. The Morgan fingerprint density at radius 3 is 2.75 bits per heavy atom. The second-order valence-electron chi connectivity index (χ2n) is 4.41. The number of fused-ring (bicyclic) bond motifs is 3. The van der Waals surface area contributed by atoms with E-state index in [1.807, 2.05) is 0 Å². The molecule has 0 unspecified atom stereocenters. The Labute approximate surface area is 111 Å². The molecule has 4 rings (SSSR count). The summed E-state index contributed by atoms with van der Waals surface area (Å²) >= 11 is 0. The molecule has 0 fully saturated rings. The lowest BCUT2D eigenvalue weighted by Gasteiger charge is -2.12. The Morgan fingerprint density at radius 1 is 1.20 bits per heavy atom. The molecule has 0 atom stereocenters. The third-order valence-corrected chi connectivity index (χ3v) is 3.24. The molecule has 0 aromatic heterocycles. The predicted octanol–water partition coefficient (Wildman–Crippen LogP) is -0.150. The van der Waals surface area contributed by atoms with E-state index in [0.717, 1.165) is 0 Å². The molecular formula is C12H8N4O4. The van der Waals surface area contributed by atoms with Crippen molar-refractivity contribution < 1.29 is 9.47 Å². The first-order valence-corrected chi connectivity index (χ1v) is 5.84. The fourth-order valence-corrected chi connectivity index (χ4v) is 2.28. The summed E-state index contributed by atoms with van der Waals surface area (Å²) in [6.07, 6.45) is 0. The quantitative estimate of drug-likeness (QED) is 0.571. The predicted molar refractivity (Wildman–Crippen MR) is 68.1 cm³/mol. The molecule has 0 amide bonds. The van der Waals surface area contributed by atoms with Crippen molar-refractivity contribution >= 4 is 11.0 Å². The van der Waals surface area contributed by atoms with Crippen LogP contribution in [0.4, 0.5) is 0 Å². The molecular weight excluding hydrogens is 264 g/mol. The van der Waals surface area contributed by atoms with Crippen LogP contribution < -0.4 is 20.7 Å². The lowest BCUT2D eigenvalue weighted by molar-refractivity contribution is 0.174. The molecule has 0 bridgehead atoms. The average molecular weight is 272 g/mol. The van der Waals surface area contributed by atoms with Gasteiger partial charge in [0.15, 0.2) is 23.0 Å². The van der Waals surface area contributed by atoms with Crippen molar-refractivity contribution in [2.45, 2.75) is 0 Å². The first kappa shape index (κ1) is 11.0. The summed E-state index contributed by atoms with van der Waals surface area (Å²) in [5.74, 6) is 1.40. The highest BCUT2D eigenvalue weighted by molar-refractivity contribution is 5.83. The van der Waals surface area contributed by atoms with Crippen LogP contribution in [0.3, 0.4) is 0 Å². The van der Waals surface area contributed by atoms with Gasteiger partial charge in [0, 0.05) is 19.2 Å². The highest BCUT2D eigenvalue weighted by Gasteiger charge is 2.20. The molecule has 8 heteroatoms. The van der Waals surface area contributed by atoms with Crippen LogP contribution in [-0.4, -0.2) is 26.3 Å². The van der Waals surface area contributed by atoms with Crippen LogP contribution in [0.1, 0.15) is 0 Å². The summed E-state index contributed by atoms with van der Waals surface area (Å²) in [6.45, 7) is 0.151. The van der Waals surface area contributed by atoms with Crippen LogP contribution in [0.25, 0.3) is 22.6 Å².